The first-order valence-corrected chi connectivity index (χ1v) is 6.00. The van der Waals surface area contributed by atoms with E-state index >= 15 is 0 Å². The van der Waals surface area contributed by atoms with E-state index in [1.807, 2.05) is 6.07 Å². The molecular formula is C15H11NO4. The summed E-state index contributed by atoms with van der Waals surface area (Å²) in [5, 5.41) is 3.10. The number of anilines is 2. The summed E-state index contributed by atoms with van der Waals surface area (Å²) >= 11 is 0. The maximum atomic E-state index is 12.2. The van der Waals surface area contributed by atoms with Crippen molar-refractivity contribution in [2.45, 2.75) is 0 Å². The number of rotatable bonds is 1. The summed E-state index contributed by atoms with van der Waals surface area (Å²) in [4.78, 5) is 24.0. The molecule has 20 heavy (non-hydrogen) atoms. The number of carbonyl (C=O) groups excluding carboxylic acids is 2. The van der Waals surface area contributed by atoms with Crippen LogP contribution in [-0.2, 0) is 4.74 Å². The van der Waals surface area contributed by atoms with Crippen molar-refractivity contribution >= 4 is 23.3 Å². The van der Waals surface area contributed by atoms with Gasteiger partial charge in [-0.25, -0.2) is 9.59 Å². The molecule has 1 aliphatic rings. The highest BCUT2D eigenvalue weighted by molar-refractivity contribution is 6.09. The normalized spacial score (nSPS) is 12.3. The van der Waals surface area contributed by atoms with Crippen LogP contribution in [0.1, 0.15) is 20.7 Å². The Morgan fingerprint density at radius 3 is 2.65 bits per heavy atom. The molecule has 0 aromatic heterocycles. The van der Waals surface area contributed by atoms with Crippen molar-refractivity contribution in [2.24, 2.45) is 0 Å². The zero-order valence-corrected chi connectivity index (χ0v) is 10.7. The van der Waals surface area contributed by atoms with Gasteiger partial charge in [-0.3, -0.25) is 0 Å². The summed E-state index contributed by atoms with van der Waals surface area (Å²) in [7, 11) is 1.27. The van der Waals surface area contributed by atoms with E-state index in [4.69, 9.17) is 9.47 Å². The maximum absolute atomic E-state index is 12.2. The Morgan fingerprint density at radius 2 is 1.85 bits per heavy atom. The Hall–Kier alpha value is -2.82. The third-order valence-electron chi connectivity index (χ3n) is 3.03. The van der Waals surface area contributed by atoms with Crippen LogP contribution >= 0.6 is 0 Å². The van der Waals surface area contributed by atoms with Gasteiger partial charge in [-0.1, -0.05) is 18.2 Å². The Bertz CT molecular complexity index is 709. The number of nitrogens with one attached hydrogen (secondary N) is 1. The summed E-state index contributed by atoms with van der Waals surface area (Å²) in [6.45, 7) is 0. The van der Waals surface area contributed by atoms with E-state index in [0.717, 1.165) is 0 Å². The van der Waals surface area contributed by atoms with Gasteiger partial charge in [0.2, 0.25) is 0 Å². The lowest BCUT2D eigenvalue weighted by molar-refractivity contribution is 0.0588. The van der Waals surface area contributed by atoms with Crippen molar-refractivity contribution in [1.29, 1.82) is 0 Å². The number of hydrogen-bond donors (Lipinski definition) is 1. The second-order valence-corrected chi connectivity index (χ2v) is 4.23. The standard InChI is InChI=1S/C15H11NO4/c1-19-14(17)9-5-4-7-11-13(9)15(18)20-12-8-3-2-6-10(12)16-11/h2-8,16H,1H3. The zero-order valence-electron chi connectivity index (χ0n) is 10.7. The fraction of sp³-hybridized carbons (Fsp3) is 0.0667. The molecule has 0 spiro atoms. The van der Waals surface area contributed by atoms with Crippen LogP contribution < -0.4 is 10.1 Å². The second kappa shape index (κ2) is 4.70. The van der Waals surface area contributed by atoms with Crippen molar-refractivity contribution < 1.29 is 19.1 Å². The number of benzene rings is 2. The SMILES string of the molecule is COC(=O)c1cccc2c1C(=O)Oc1ccccc1N2. The Kier molecular flexibility index (Phi) is 2.87. The molecule has 3 rings (SSSR count). The molecule has 1 heterocycles. The number of carbonyl (C=O) groups is 2. The first-order valence-electron chi connectivity index (χ1n) is 6.00. The lowest BCUT2D eigenvalue weighted by Crippen LogP contribution is -2.15. The zero-order chi connectivity index (χ0) is 14.1. The molecule has 0 atom stereocenters. The molecule has 1 aliphatic heterocycles. The van der Waals surface area contributed by atoms with Gasteiger partial charge in [0.05, 0.1) is 29.6 Å². The maximum Gasteiger partial charge on any atom is 0.346 e. The third-order valence-corrected chi connectivity index (χ3v) is 3.03. The largest absolute Gasteiger partial charge is 0.465 e. The molecule has 0 unspecified atom stereocenters. The minimum Gasteiger partial charge on any atom is -0.465 e. The average molecular weight is 269 g/mol. The molecule has 0 amide bonds. The van der Waals surface area contributed by atoms with E-state index in [9.17, 15) is 9.59 Å². The van der Waals surface area contributed by atoms with Crippen LogP contribution in [0, 0.1) is 0 Å². The summed E-state index contributed by atoms with van der Waals surface area (Å²) in [6.07, 6.45) is 0. The van der Waals surface area contributed by atoms with E-state index < -0.39 is 11.9 Å². The highest BCUT2D eigenvalue weighted by Crippen LogP contribution is 2.34. The molecule has 0 radical (unpaired) electrons. The first kappa shape index (κ1) is 12.2. The van der Waals surface area contributed by atoms with Crippen molar-refractivity contribution in [3.63, 3.8) is 0 Å². The molecule has 0 bridgehead atoms. The molecule has 0 fully saturated rings. The van der Waals surface area contributed by atoms with Gasteiger partial charge in [-0.2, -0.15) is 0 Å². The lowest BCUT2D eigenvalue weighted by atomic mass is 10.1. The molecule has 1 N–H and O–H groups in total. The van der Waals surface area contributed by atoms with E-state index in [0.29, 0.717) is 17.1 Å². The van der Waals surface area contributed by atoms with Crippen molar-refractivity contribution in [3.05, 3.63) is 53.6 Å². The summed E-state index contributed by atoms with van der Waals surface area (Å²) in [6, 6.07) is 12.0. The Balaban J connectivity index is 2.18. The van der Waals surface area contributed by atoms with Crippen molar-refractivity contribution in [1.82, 2.24) is 0 Å². The lowest BCUT2D eigenvalue weighted by Gasteiger charge is -2.09. The highest BCUT2D eigenvalue weighted by atomic mass is 16.5. The summed E-state index contributed by atoms with van der Waals surface area (Å²) in [5.74, 6) is -0.741. The number of para-hydroxylation sites is 2. The fourth-order valence-corrected chi connectivity index (χ4v) is 2.11. The Labute approximate surface area is 115 Å². The second-order valence-electron chi connectivity index (χ2n) is 4.23. The van der Waals surface area contributed by atoms with Gasteiger partial charge in [0.1, 0.15) is 0 Å². The molecule has 100 valence electrons. The predicted octanol–water partition coefficient (Wildman–Crippen LogP) is 2.75. The van der Waals surface area contributed by atoms with Crippen LogP contribution in [0.4, 0.5) is 11.4 Å². The van der Waals surface area contributed by atoms with Gasteiger partial charge in [0, 0.05) is 0 Å². The first-order chi connectivity index (χ1) is 9.70. The minimum atomic E-state index is -0.585. The van der Waals surface area contributed by atoms with Gasteiger partial charge in [0.15, 0.2) is 5.75 Å². The van der Waals surface area contributed by atoms with Gasteiger partial charge in [-0.15, -0.1) is 0 Å². The number of hydrogen-bond acceptors (Lipinski definition) is 5. The molecule has 0 saturated carbocycles. The molecule has 2 aromatic rings. The van der Waals surface area contributed by atoms with Crippen molar-refractivity contribution in [2.75, 3.05) is 12.4 Å². The minimum absolute atomic E-state index is 0.176. The number of esters is 2. The van der Waals surface area contributed by atoms with E-state index in [1.165, 1.54) is 13.2 Å². The molecule has 5 heteroatoms. The summed E-state index contributed by atoms with van der Waals surface area (Å²) in [5.41, 5.74) is 1.54. The Morgan fingerprint density at radius 1 is 1.10 bits per heavy atom. The van der Waals surface area contributed by atoms with E-state index in [-0.39, 0.29) is 11.1 Å². The van der Waals surface area contributed by atoms with Crippen LogP contribution in [0.2, 0.25) is 0 Å². The number of fused-ring (bicyclic) bond motifs is 2. The van der Waals surface area contributed by atoms with Crippen LogP contribution in [-0.4, -0.2) is 19.0 Å². The van der Waals surface area contributed by atoms with Gasteiger partial charge >= 0.3 is 11.9 Å². The molecule has 0 aliphatic carbocycles. The van der Waals surface area contributed by atoms with Crippen LogP contribution in [0.3, 0.4) is 0 Å². The van der Waals surface area contributed by atoms with Gasteiger partial charge in [0.25, 0.3) is 0 Å². The topological polar surface area (TPSA) is 64.6 Å². The molecule has 0 saturated heterocycles. The number of ether oxygens (including phenoxy) is 2. The van der Waals surface area contributed by atoms with Crippen molar-refractivity contribution in [3.8, 4) is 5.75 Å². The monoisotopic (exact) mass is 269 g/mol. The molecule has 2 aromatic carbocycles. The summed E-state index contributed by atoms with van der Waals surface area (Å²) < 4.78 is 10.0. The van der Waals surface area contributed by atoms with Crippen LogP contribution in [0.5, 0.6) is 5.75 Å². The molecular weight excluding hydrogens is 258 g/mol. The number of methoxy groups -OCH3 is 1. The smallest absolute Gasteiger partial charge is 0.346 e. The van der Waals surface area contributed by atoms with E-state index in [1.54, 1.807) is 30.3 Å². The molecule has 5 nitrogen and oxygen atoms in total. The quantitative estimate of drug-likeness (QED) is 0.637. The highest BCUT2D eigenvalue weighted by Gasteiger charge is 2.26. The van der Waals surface area contributed by atoms with Gasteiger partial charge in [-0.05, 0) is 24.3 Å². The van der Waals surface area contributed by atoms with Crippen LogP contribution in [0.15, 0.2) is 42.5 Å². The van der Waals surface area contributed by atoms with Crippen LogP contribution in [0.25, 0.3) is 0 Å². The fourth-order valence-electron chi connectivity index (χ4n) is 2.11. The van der Waals surface area contributed by atoms with E-state index in [2.05, 4.69) is 5.32 Å². The van der Waals surface area contributed by atoms with Gasteiger partial charge < -0.3 is 14.8 Å². The predicted molar refractivity (Wildman–Crippen MR) is 72.5 cm³/mol. The average Bonchev–Trinajstić information content (AvgIpc) is 2.62. The third kappa shape index (κ3) is 1.89.